The van der Waals surface area contributed by atoms with Gasteiger partial charge >= 0.3 is 0 Å². The van der Waals surface area contributed by atoms with Gasteiger partial charge in [-0.05, 0) is 39.8 Å². The van der Waals surface area contributed by atoms with Crippen LogP contribution >= 0.6 is 11.5 Å². The van der Waals surface area contributed by atoms with Crippen LogP contribution in [-0.4, -0.2) is 19.3 Å². The summed E-state index contributed by atoms with van der Waals surface area (Å²) in [6.07, 6.45) is 0. The number of rotatable bonds is 3. The molecule has 0 saturated heterocycles. The van der Waals surface area contributed by atoms with Crippen LogP contribution < -0.4 is 0 Å². The lowest BCUT2D eigenvalue weighted by Crippen LogP contribution is -2.11. The van der Waals surface area contributed by atoms with Gasteiger partial charge in [0, 0.05) is 32.9 Å². The largest absolute Gasteiger partial charge is 0.208 e. The highest BCUT2D eigenvalue weighted by atomic mass is 32.1. The molecule has 0 fully saturated rings. The molecule has 0 amide bonds. The first-order valence-corrected chi connectivity index (χ1v) is 13.9. The third-order valence-electron chi connectivity index (χ3n) is 7.10. The maximum absolute atomic E-state index is 4.96. The Labute approximate surface area is 231 Å². The van der Waals surface area contributed by atoms with E-state index in [1.165, 1.54) is 31.6 Å². The number of benzene rings is 5. The third-order valence-corrected chi connectivity index (χ3v) is 7.92. The lowest BCUT2D eigenvalue weighted by Gasteiger charge is -2.17. The molecule has 4 nitrogen and oxygen atoms in total. The summed E-state index contributed by atoms with van der Waals surface area (Å²) in [5, 5.41) is 6.07. The fourth-order valence-electron chi connectivity index (χ4n) is 5.17. The number of nitrogens with zero attached hydrogens (tertiary/aromatic N) is 4. The highest BCUT2D eigenvalue weighted by molar-refractivity contribution is 7.13. The SMILES string of the molecule is CC(C)(C)c1nsc2ccc3ccc4ccc(-c5nc(-c6ccccc6)nc(-c6ccccc6)n5)cc4c3c12. The second kappa shape index (κ2) is 9.07. The van der Waals surface area contributed by atoms with Crippen molar-refractivity contribution in [3.8, 4) is 34.2 Å². The molecule has 0 aliphatic rings. The predicted octanol–water partition coefficient (Wildman–Crippen LogP) is 9.09. The third kappa shape index (κ3) is 4.16. The highest BCUT2D eigenvalue weighted by Crippen LogP contribution is 2.40. The molecular formula is C34H26N4S. The molecule has 0 radical (unpaired) electrons. The van der Waals surface area contributed by atoms with Crippen LogP contribution in [0.4, 0.5) is 0 Å². The van der Waals surface area contributed by atoms with E-state index in [1.807, 2.05) is 60.7 Å². The summed E-state index contributed by atoms with van der Waals surface area (Å²) in [6, 6.07) is 35.5. The number of aromatic nitrogens is 4. The van der Waals surface area contributed by atoms with Gasteiger partial charge in [-0.15, -0.1) is 0 Å². The van der Waals surface area contributed by atoms with Crippen LogP contribution in [0.5, 0.6) is 0 Å². The minimum Gasteiger partial charge on any atom is -0.208 e. The summed E-state index contributed by atoms with van der Waals surface area (Å²) in [5.41, 5.74) is 3.97. The summed E-state index contributed by atoms with van der Waals surface area (Å²) in [7, 11) is 0. The van der Waals surface area contributed by atoms with Gasteiger partial charge in [0.15, 0.2) is 17.5 Å². The lowest BCUT2D eigenvalue weighted by molar-refractivity contribution is 0.582. The van der Waals surface area contributed by atoms with E-state index in [2.05, 4.69) is 63.2 Å². The smallest absolute Gasteiger partial charge is 0.164 e. The summed E-state index contributed by atoms with van der Waals surface area (Å²) < 4.78 is 6.11. The molecule has 0 atom stereocenters. The van der Waals surface area contributed by atoms with Crippen molar-refractivity contribution < 1.29 is 0 Å². The van der Waals surface area contributed by atoms with Crippen molar-refractivity contribution in [1.82, 2.24) is 19.3 Å². The number of hydrogen-bond acceptors (Lipinski definition) is 5. The van der Waals surface area contributed by atoms with Crippen LogP contribution in [0.15, 0.2) is 103 Å². The van der Waals surface area contributed by atoms with Crippen LogP contribution in [-0.2, 0) is 5.41 Å². The van der Waals surface area contributed by atoms with Crippen LogP contribution in [0, 0.1) is 0 Å². The molecule has 0 spiro atoms. The topological polar surface area (TPSA) is 51.6 Å². The van der Waals surface area contributed by atoms with Gasteiger partial charge in [0.1, 0.15) is 0 Å². The molecule has 0 N–H and O–H groups in total. The summed E-state index contributed by atoms with van der Waals surface area (Å²) in [6.45, 7) is 6.70. The van der Waals surface area contributed by atoms with Crippen molar-refractivity contribution in [1.29, 1.82) is 0 Å². The maximum atomic E-state index is 4.96. The molecular weight excluding hydrogens is 496 g/mol. The van der Waals surface area contributed by atoms with Crippen LogP contribution in [0.1, 0.15) is 26.5 Å². The number of fused-ring (bicyclic) bond motifs is 5. The van der Waals surface area contributed by atoms with E-state index in [4.69, 9.17) is 19.3 Å². The van der Waals surface area contributed by atoms with Crippen LogP contribution in [0.2, 0.25) is 0 Å². The first-order valence-electron chi connectivity index (χ1n) is 13.1. The van der Waals surface area contributed by atoms with E-state index >= 15 is 0 Å². The molecule has 0 bridgehead atoms. The van der Waals surface area contributed by atoms with E-state index < -0.39 is 0 Å². The zero-order valence-corrected chi connectivity index (χ0v) is 22.8. The Morgan fingerprint density at radius 2 is 1.08 bits per heavy atom. The first kappa shape index (κ1) is 23.6. The fraction of sp³-hybridized carbons (Fsp3) is 0.118. The molecule has 7 aromatic rings. The average molecular weight is 523 g/mol. The van der Waals surface area contributed by atoms with Gasteiger partial charge in [-0.2, -0.15) is 4.37 Å². The second-order valence-corrected chi connectivity index (χ2v) is 11.7. The van der Waals surface area contributed by atoms with E-state index in [-0.39, 0.29) is 5.41 Å². The van der Waals surface area contributed by atoms with Gasteiger partial charge in [-0.25, -0.2) is 15.0 Å². The predicted molar refractivity (Wildman–Crippen MR) is 163 cm³/mol. The second-order valence-electron chi connectivity index (χ2n) is 10.9. The van der Waals surface area contributed by atoms with E-state index in [9.17, 15) is 0 Å². The van der Waals surface area contributed by atoms with Crippen molar-refractivity contribution in [3.63, 3.8) is 0 Å². The Kier molecular flexibility index (Phi) is 5.49. The Morgan fingerprint density at radius 1 is 0.538 bits per heavy atom. The van der Waals surface area contributed by atoms with Gasteiger partial charge in [0.2, 0.25) is 0 Å². The Balaban J connectivity index is 1.51. The average Bonchev–Trinajstić information content (AvgIpc) is 3.43. The zero-order chi connectivity index (χ0) is 26.6. The molecule has 7 rings (SSSR count). The van der Waals surface area contributed by atoms with E-state index in [0.29, 0.717) is 17.5 Å². The monoisotopic (exact) mass is 522 g/mol. The van der Waals surface area contributed by atoms with Gasteiger partial charge in [0.25, 0.3) is 0 Å². The molecule has 2 aromatic heterocycles. The molecule has 0 unspecified atom stereocenters. The van der Waals surface area contributed by atoms with Gasteiger partial charge in [-0.1, -0.05) is 112 Å². The number of hydrogen-bond donors (Lipinski definition) is 0. The molecule has 5 aromatic carbocycles. The molecule has 39 heavy (non-hydrogen) atoms. The Morgan fingerprint density at radius 3 is 1.69 bits per heavy atom. The van der Waals surface area contributed by atoms with Crippen molar-refractivity contribution >= 4 is 43.2 Å². The maximum Gasteiger partial charge on any atom is 0.164 e. The molecule has 0 aliphatic carbocycles. The van der Waals surface area contributed by atoms with Gasteiger partial charge < -0.3 is 0 Å². The zero-order valence-electron chi connectivity index (χ0n) is 22.0. The summed E-state index contributed by atoms with van der Waals surface area (Å²) in [5.74, 6) is 1.99. The minimum atomic E-state index is -0.0598. The Hall–Kier alpha value is -4.48. The standard InChI is InChI=1S/C34H26N4S/c1-34(2,3)30-29-27(39-38-30)19-18-22-16-14-21-15-17-25(20-26(21)28(22)29)33-36-31(23-10-6-4-7-11-23)35-32(37-33)24-12-8-5-9-13-24/h4-20H,1-3H3. The normalized spacial score (nSPS) is 12.0. The lowest BCUT2D eigenvalue weighted by atomic mass is 9.87. The van der Waals surface area contributed by atoms with Crippen molar-refractivity contribution in [2.24, 2.45) is 0 Å². The van der Waals surface area contributed by atoms with Crippen molar-refractivity contribution in [2.75, 3.05) is 0 Å². The quantitative estimate of drug-likeness (QED) is 0.217. The van der Waals surface area contributed by atoms with Crippen LogP contribution in [0.25, 0.3) is 65.8 Å². The highest BCUT2D eigenvalue weighted by Gasteiger charge is 2.23. The van der Waals surface area contributed by atoms with Crippen LogP contribution in [0.3, 0.4) is 0 Å². The van der Waals surface area contributed by atoms with Gasteiger partial charge in [-0.3, -0.25) is 0 Å². The van der Waals surface area contributed by atoms with E-state index in [0.717, 1.165) is 22.4 Å². The molecule has 5 heteroatoms. The van der Waals surface area contributed by atoms with Gasteiger partial charge in [0.05, 0.1) is 10.4 Å². The molecule has 0 aliphatic heterocycles. The van der Waals surface area contributed by atoms with E-state index in [1.54, 1.807) is 11.5 Å². The Bertz CT molecular complexity index is 1930. The molecule has 0 saturated carbocycles. The summed E-state index contributed by atoms with van der Waals surface area (Å²) >= 11 is 1.58. The van der Waals surface area contributed by atoms with Crippen molar-refractivity contribution in [3.05, 3.63) is 109 Å². The van der Waals surface area contributed by atoms with Crippen molar-refractivity contribution in [2.45, 2.75) is 26.2 Å². The summed E-state index contributed by atoms with van der Waals surface area (Å²) in [4.78, 5) is 14.8. The minimum absolute atomic E-state index is 0.0598. The fourth-order valence-corrected chi connectivity index (χ4v) is 6.14. The molecule has 188 valence electrons. The molecule has 2 heterocycles. The first-order chi connectivity index (χ1) is 19.0.